The van der Waals surface area contributed by atoms with Crippen LogP contribution in [0.2, 0.25) is 5.02 Å². The van der Waals surface area contributed by atoms with Crippen LogP contribution in [0.3, 0.4) is 0 Å². The summed E-state index contributed by atoms with van der Waals surface area (Å²) in [5.41, 5.74) is 3.93. The van der Waals surface area contributed by atoms with Crippen molar-refractivity contribution in [2.45, 2.75) is 26.3 Å². The lowest BCUT2D eigenvalue weighted by Crippen LogP contribution is -2.39. The van der Waals surface area contributed by atoms with E-state index in [0.29, 0.717) is 18.1 Å². The maximum absolute atomic E-state index is 12.1. The standard InChI is InChI=1S/C20H21ClN2O3/c1-12-3-5-15(17(21)9-12)14-4-6-19-16(10-14)18(7-8-26-19)23-20(25)11-22-13(2)24/h3-6,9-10,18H,7-8,11H2,1-2H3,(H,22,24)(H,23,25). The minimum Gasteiger partial charge on any atom is -0.493 e. The van der Waals surface area contributed by atoms with E-state index in [0.717, 1.165) is 28.0 Å². The lowest BCUT2D eigenvalue weighted by molar-refractivity contribution is -0.125. The van der Waals surface area contributed by atoms with E-state index < -0.39 is 0 Å². The second kappa shape index (κ2) is 7.79. The van der Waals surface area contributed by atoms with Crippen LogP contribution in [-0.4, -0.2) is 25.0 Å². The van der Waals surface area contributed by atoms with Crippen molar-refractivity contribution >= 4 is 23.4 Å². The van der Waals surface area contributed by atoms with Gasteiger partial charge in [-0.3, -0.25) is 9.59 Å². The van der Waals surface area contributed by atoms with Crippen molar-refractivity contribution < 1.29 is 14.3 Å². The zero-order valence-corrected chi connectivity index (χ0v) is 15.5. The van der Waals surface area contributed by atoms with Gasteiger partial charge in [0.1, 0.15) is 5.75 Å². The maximum Gasteiger partial charge on any atom is 0.239 e. The fourth-order valence-corrected chi connectivity index (χ4v) is 3.36. The molecule has 26 heavy (non-hydrogen) atoms. The first-order valence-electron chi connectivity index (χ1n) is 8.51. The Balaban J connectivity index is 1.86. The Morgan fingerprint density at radius 2 is 2.04 bits per heavy atom. The molecule has 0 saturated heterocycles. The normalized spacial score (nSPS) is 15.6. The zero-order chi connectivity index (χ0) is 18.7. The van der Waals surface area contributed by atoms with Gasteiger partial charge >= 0.3 is 0 Å². The van der Waals surface area contributed by atoms with Crippen LogP contribution in [-0.2, 0) is 9.59 Å². The first kappa shape index (κ1) is 18.3. The quantitative estimate of drug-likeness (QED) is 0.864. The van der Waals surface area contributed by atoms with Crippen LogP contribution in [0.4, 0.5) is 0 Å². The monoisotopic (exact) mass is 372 g/mol. The van der Waals surface area contributed by atoms with Gasteiger partial charge in [0.15, 0.2) is 0 Å². The summed E-state index contributed by atoms with van der Waals surface area (Å²) in [6, 6.07) is 11.7. The van der Waals surface area contributed by atoms with E-state index in [-0.39, 0.29) is 24.4 Å². The number of hydrogen-bond donors (Lipinski definition) is 2. The van der Waals surface area contributed by atoms with Crippen LogP contribution in [0.25, 0.3) is 11.1 Å². The van der Waals surface area contributed by atoms with Gasteiger partial charge < -0.3 is 15.4 Å². The van der Waals surface area contributed by atoms with E-state index in [1.165, 1.54) is 6.92 Å². The smallest absolute Gasteiger partial charge is 0.239 e. The number of carbonyl (C=O) groups is 2. The number of nitrogens with one attached hydrogen (secondary N) is 2. The topological polar surface area (TPSA) is 67.4 Å². The molecule has 2 aromatic carbocycles. The van der Waals surface area contributed by atoms with Crippen molar-refractivity contribution in [2.75, 3.05) is 13.2 Å². The molecule has 2 amide bonds. The van der Waals surface area contributed by atoms with Crippen LogP contribution >= 0.6 is 11.6 Å². The summed E-state index contributed by atoms with van der Waals surface area (Å²) >= 11 is 6.40. The molecule has 1 aliphatic heterocycles. The molecular weight excluding hydrogens is 352 g/mol. The molecule has 1 atom stereocenters. The van der Waals surface area contributed by atoms with Crippen LogP contribution in [0.5, 0.6) is 5.75 Å². The fourth-order valence-electron chi connectivity index (χ4n) is 3.02. The van der Waals surface area contributed by atoms with Crippen molar-refractivity contribution in [1.82, 2.24) is 10.6 Å². The molecule has 1 aliphatic rings. The van der Waals surface area contributed by atoms with Crippen molar-refractivity contribution in [3.8, 4) is 16.9 Å². The number of amides is 2. The highest BCUT2D eigenvalue weighted by atomic mass is 35.5. The number of aryl methyl sites for hydroxylation is 1. The predicted molar refractivity (Wildman–Crippen MR) is 101 cm³/mol. The molecule has 1 unspecified atom stereocenters. The van der Waals surface area contributed by atoms with E-state index in [9.17, 15) is 9.59 Å². The third-order valence-corrected chi connectivity index (χ3v) is 4.63. The minimum absolute atomic E-state index is 0.0362. The molecule has 1 heterocycles. The van der Waals surface area contributed by atoms with E-state index in [4.69, 9.17) is 16.3 Å². The Morgan fingerprint density at radius 1 is 1.23 bits per heavy atom. The molecule has 2 aromatic rings. The molecular formula is C20H21ClN2O3. The SMILES string of the molecule is CC(=O)NCC(=O)NC1CCOc2ccc(-c3ccc(C)cc3Cl)cc21. The van der Waals surface area contributed by atoms with Crippen molar-refractivity contribution in [3.05, 3.63) is 52.5 Å². The van der Waals surface area contributed by atoms with Gasteiger partial charge in [0.05, 0.1) is 19.2 Å². The molecule has 0 fully saturated rings. The van der Waals surface area contributed by atoms with Gasteiger partial charge in [0.25, 0.3) is 0 Å². The number of fused-ring (bicyclic) bond motifs is 1. The van der Waals surface area contributed by atoms with Crippen LogP contribution in [0.15, 0.2) is 36.4 Å². The van der Waals surface area contributed by atoms with Gasteiger partial charge in [-0.25, -0.2) is 0 Å². The van der Waals surface area contributed by atoms with E-state index in [1.807, 2.05) is 43.3 Å². The molecule has 5 nitrogen and oxygen atoms in total. The molecule has 136 valence electrons. The number of halogens is 1. The average Bonchev–Trinajstić information content (AvgIpc) is 2.60. The van der Waals surface area contributed by atoms with Gasteiger partial charge in [0.2, 0.25) is 11.8 Å². The van der Waals surface area contributed by atoms with Gasteiger partial charge in [-0.2, -0.15) is 0 Å². The summed E-state index contributed by atoms with van der Waals surface area (Å²) in [6.07, 6.45) is 0.671. The second-order valence-corrected chi connectivity index (χ2v) is 6.81. The first-order valence-corrected chi connectivity index (χ1v) is 8.89. The van der Waals surface area contributed by atoms with Crippen LogP contribution in [0, 0.1) is 6.92 Å². The van der Waals surface area contributed by atoms with E-state index >= 15 is 0 Å². The molecule has 3 rings (SSSR count). The lowest BCUT2D eigenvalue weighted by atomic mass is 9.95. The number of rotatable bonds is 4. The predicted octanol–water partition coefficient (Wildman–Crippen LogP) is 3.39. The Labute approximate surface area is 157 Å². The third-order valence-electron chi connectivity index (χ3n) is 4.32. The van der Waals surface area contributed by atoms with Crippen molar-refractivity contribution in [1.29, 1.82) is 0 Å². The number of hydrogen-bond acceptors (Lipinski definition) is 3. The Kier molecular flexibility index (Phi) is 5.47. The molecule has 0 radical (unpaired) electrons. The van der Waals surface area contributed by atoms with Crippen molar-refractivity contribution in [3.63, 3.8) is 0 Å². The lowest BCUT2D eigenvalue weighted by Gasteiger charge is -2.27. The van der Waals surface area contributed by atoms with Gasteiger partial charge in [-0.05, 0) is 36.2 Å². The number of benzene rings is 2. The molecule has 6 heteroatoms. The second-order valence-electron chi connectivity index (χ2n) is 6.40. The van der Waals surface area contributed by atoms with Gasteiger partial charge in [-0.15, -0.1) is 0 Å². The Bertz CT molecular complexity index is 851. The highest BCUT2D eigenvalue weighted by Crippen LogP contribution is 2.37. The molecule has 0 aromatic heterocycles. The van der Waals surface area contributed by atoms with Gasteiger partial charge in [0, 0.05) is 29.5 Å². The Morgan fingerprint density at radius 3 is 2.77 bits per heavy atom. The fraction of sp³-hybridized carbons (Fsp3) is 0.300. The van der Waals surface area contributed by atoms with E-state index in [1.54, 1.807) is 0 Å². The maximum atomic E-state index is 12.1. The molecule has 0 aliphatic carbocycles. The average molecular weight is 373 g/mol. The first-order chi connectivity index (χ1) is 12.4. The zero-order valence-electron chi connectivity index (χ0n) is 14.8. The summed E-state index contributed by atoms with van der Waals surface area (Å²) in [6.45, 7) is 3.87. The highest BCUT2D eigenvalue weighted by molar-refractivity contribution is 6.33. The van der Waals surface area contributed by atoms with E-state index in [2.05, 4.69) is 10.6 Å². The summed E-state index contributed by atoms with van der Waals surface area (Å²) in [5, 5.41) is 6.16. The molecule has 0 spiro atoms. The van der Waals surface area contributed by atoms with Crippen LogP contribution in [0.1, 0.15) is 30.5 Å². The largest absolute Gasteiger partial charge is 0.493 e. The highest BCUT2D eigenvalue weighted by Gasteiger charge is 2.24. The minimum atomic E-state index is -0.233. The van der Waals surface area contributed by atoms with Crippen LogP contribution < -0.4 is 15.4 Å². The molecule has 2 N–H and O–H groups in total. The van der Waals surface area contributed by atoms with Crippen molar-refractivity contribution in [2.24, 2.45) is 0 Å². The number of carbonyl (C=O) groups excluding carboxylic acids is 2. The summed E-state index contributed by atoms with van der Waals surface area (Å²) in [7, 11) is 0. The summed E-state index contributed by atoms with van der Waals surface area (Å²) in [5.74, 6) is 0.300. The molecule has 0 saturated carbocycles. The molecule has 0 bridgehead atoms. The number of ether oxygens (including phenoxy) is 1. The summed E-state index contributed by atoms with van der Waals surface area (Å²) < 4.78 is 5.72. The Hall–Kier alpha value is -2.53. The summed E-state index contributed by atoms with van der Waals surface area (Å²) in [4.78, 5) is 23.1. The van der Waals surface area contributed by atoms with Gasteiger partial charge in [-0.1, -0.05) is 29.8 Å². The third kappa shape index (κ3) is 4.17.